The number of aromatic nitrogens is 2. The van der Waals surface area contributed by atoms with Crippen molar-refractivity contribution in [3.8, 4) is 0 Å². The summed E-state index contributed by atoms with van der Waals surface area (Å²) < 4.78 is 1.88. The van der Waals surface area contributed by atoms with Crippen molar-refractivity contribution in [1.82, 2.24) is 9.55 Å². The van der Waals surface area contributed by atoms with Crippen LogP contribution in [0.4, 0.5) is 5.82 Å². The van der Waals surface area contributed by atoms with Gasteiger partial charge in [0, 0.05) is 30.5 Å². The second kappa shape index (κ2) is 6.36. The summed E-state index contributed by atoms with van der Waals surface area (Å²) in [5, 5.41) is 11.4. The fourth-order valence-corrected chi connectivity index (χ4v) is 2.69. The van der Waals surface area contributed by atoms with Crippen LogP contribution in [0.15, 0.2) is 28.9 Å². The number of rotatable bonds is 5. The molecule has 0 bridgehead atoms. The number of Topliss-reactive ketones (excluding diaryl/α,β-unsaturated/α-hetero) is 1. The molecule has 2 rings (SSSR count). The molecule has 2 aromatic rings. The Hall–Kier alpha value is -1.73. The van der Waals surface area contributed by atoms with E-state index in [2.05, 4.69) is 20.9 Å². The van der Waals surface area contributed by atoms with E-state index in [1.165, 1.54) is 0 Å². The summed E-state index contributed by atoms with van der Waals surface area (Å²) in [5.74, 6) is 0.179. The number of hydrogen-bond donors (Lipinski definition) is 0. The van der Waals surface area contributed by atoms with Crippen molar-refractivity contribution in [1.29, 1.82) is 0 Å². The molecule has 0 N–H and O–H groups in total. The maximum Gasteiger partial charge on any atom is 0.396 e. The van der Waals surface area contributed by atoms with Gasteiger partial charge in [-0.25, -0.2) is 0 Å². The van der Waals surface area contributed by atoms with E-state index in [-0.39, 0.29) is 22.6 Å². The second-order valence-electron chi connectivity index (χ2n) is 4.36. The van der Waals surface area contributed by atoms with E-state index in [9.17, 15) is 14.9 Å². The standard InChI is InChI=1S/C13H11BrClN3O3/c1-8-16-13(18(20)21)12(14)17(8)7-6-11(19)9-2-4-10(15)5-3-9/h2-5H,6-7H2,1H3. The fourth-order valence-electron chi connectivity index (χ4n) is 1.89. The Morgan fingerprint density at radius 1 is 1.43 bits per heavy atom. The molecular weight excluding hydrogens is 362 g/mol. The molecule has 1 aromatic carbocycles. The molecule has 21 heavy (non-hydrogen) atoms. The van der Waals surface area contributed by atoms with Crippen molar-refractivity contribution in [2.45, 2.75) is 19.9 Å². The van der Waals surface area contributed by atoms with Crippen LogP contribution in [0, 0.1) is 17.0 Å². The summed E-state index contributed by atoms with van der Waals surface area (Å²) in [6, 6.07) is 6.61. The number of benzene rings is 1. The molecule has 0 spiro atoms. The Balaban J connectivity index is 2.11. The summed E-state index contributed by atoms with van der Waals surface area (Å²) in [5.41, 5.74) is 0.558. The fraction of sp³-hybridized carbons (Fsp3) is 0.231. The predicted octanol–water partition coefficient (Wildman–Crippen LogP) is 3.79. The van der Waals surface area contributed by atoms with Gasteiger partial charge in [0.2, 0.25) is 5.82 Å². The number of nitrogens with zero attached hydrogens (tertiary/aromatic N) is 3. The lowest BCUT2D eigenvalue weighted by atomic mass is 10.1. The molecule has 0 aliphatic heterocycles. The third-order valence-electron chi connectivity index (χ3n) is 2.98. The molecule has 1 aromatic heterocycles. The van der Waals surface area contributed by atoms with Crippen molar-refractivity contribution in [2.24, 2.45) is 0 Å². The Labute approximate surface area is 134 Å². The van der Waals surface area contributed by atoms with Crippen LogP contribution in [0.1, 0.15) is 22.6 Å². The van der Waals surface area contributed by atoms with Gasteiger partial charge in [0.05, 0.1) is 0 Å². The zero-order valence-corrected chi connectivity index (χ0v) is 13.4. The van der Waals surface area contributed by atoms with E-state index in [1.807, 2.05) is 0 Å². The highest BCUT2D eigenvalue weighted by molar-refractivity contribution is 9.10. The molecule has 110 valence electrons. The summed E-state index contributed by atoms with van der Waals surface area (Å²) in [4.78, 5) is 26.2. The number of ketones is 1. The third-order valence-corrected chi connectivity index (χ3v) is 4.02. The summed E-state index contributed by atoms with van der Waals surface area (Å²) in [7, 11) is 0. The molecule has 0 unspecified atom stereocenters. The molecule has 0 amide bonds. The highest BCUT2D eigenvalue weighted by atomic mass is 79.9. The van der Waals surface area contributed by atoms with E-state index in [4.69, 9.17) is 11.6 Å². The molecule has 0 atom stereocenters. The van der Waals surface area contributed by atoms with E-state index >= 15 is 0 Å². The van der Waals surface area contributed by atoms with Gasteiger partial charge < -0.3 is 10.1 Å². The monoisotopic (exact) mass is 371 g/mol. The maximum absolute atomic E-state index is 12.1. The van der Waals surface area contributed by atoms with E-state index < -0.39 is 4.92 Å². The number of carbonyl (C=O) groups is 1. The minimum absolute atomic E-state index is 0.0608. The largest absolute Gasteiger partial charge is 0.396 e. The van der Waals surface area contributed by atoms with Crippen LogP contribution in [0.2, 0.25) is 5.02 Å². The van der Waals surface area contributed by atoms with Gasteiger partial charge in [-0.1, -0.05) is 11.6 Å². The van der Waals surface area contributed by atoms with Gasteiger partial charge in [0.15, 0.2) is 10.4 Å². The summed E-state index contributed by atoms with van der Waals surface area (Å²) in [6.07, 6.45) is 0.217. The van der Waals surface area contributed by atoms with Gasteiger partial charge in [-0.05, 0) is 50.1 Å². The number of imidazole rings is 1. The van der Waals surface area contributed by atoms with Gasteiger partial charge in [-0.3, -0.25) is 9.36 Å². The molecule has 8 heteroatoms. The van der Waals surface area contributed by atoms with Crippen LogP contribution < -0.4 is 0 Å². The molecule has 0 saturated heterocycles. The van der Waals surface area contributed by atoms with Gasteiger partial charge in [-0.2, -0.15) is 0 Å². The predicted molar refractivity (Wildman–Crippen MR) is 81.7 cm³/mol. The van der Waals surface area contributed by atoms with Crippen molar-refractivity contribution in [3.63, 3.8) is 0 Å². The van der Waals surface area contributed by atoms with E-state index in [0.717, 1.165) is 0 Å². The SMILES string of the molecule is Cc1nc([N+](=O)[O-])c(Br)n1CCC(=O)c1ccc(Cl)cc1. The average Bonchev–Trinajstić information content (AvgIpc) is 2.72. The van der Waals surface area contributed by atoms with Crippen LogP contribution in [0.5, 0.6) is 0 Å². The quantitative estimate of drug-likeness (QED) is 0.454. The van der Waals surface area contributed by atoms with E-state index in [1.54, 1.807) is 35.8 Å². The normalized spacial score (nSPS) is 10.6. The summed E-state index contributed by atoms with van der Waals surface area (Å²) >= 11 is 8.92. The van der Waals surface area contributed by atoms with Crippen LogP contribution in [-0.2, 0) is 6.54 Å². The number of halogens is 2. The topological polar surface area (TPSA) is 78.0 Å². The summed E-state index contributed by atoms with van der Waals surface area (Å²) in [6.45, 7) is 1.97. The lowest BCUT2D eigenvalue weighted by Gasteiger charge is -2.04. The molecule has 6 nitrogen and oxygen atoms in total. The van der Waals surface area contributed by atoms with Crippen LogP contribution in [0.3, 0.4) is 0 Å². The number of hydrogen-bond acceptors (Lipinski definition) is 4. The average molecular weight is 373 g/mol. The Morgan fingerprint density at radius 3 is 2.57 bits per heavy atom. The minimum atomic E-state index is -0.561. The van der Waals surface area contributed by atoms with Crippen LogP contribution in [0.25, 0.3) is 0 Å². The van der Waals surface area contributed by atoms with Crippen LogP contribution >= 0.6 is 27.5 Å². The number of nitro groups is 1. The minimum Gasteiger partial charge on any atom is -0.358 e. The third kappa shape index (κ3) is 3.48. The molecule has 0 aliphatic rings. The van der Waals surface area contributed by atoms with Gasteiger partial charge >= 0.3 is 5.82 Å². The van der Waals surface area contributed by atoms with Crippen molar-refractivity contribution in [3.05, 3.63) is 55.4 Å². The molecule has 0 radical (unpaired) electrons. The Morgan fingerprint density at radius 2 is 2.05 bits per heavy atom. The Kier molecular flexibility index (Phi) is 4.74. The van der Waals surface area contributed by atoms with Gasteiger partial charge in [0.1, 0.15) is 0 Å². The lowest BCUT2D eigenvalue weighted by Crippen LogP contribution is -2.07. The molecule has 1 heterocycles. The second-order valence-corrected chi connectivity index (χ2v) is 5.55. The first-order chi connectivity index (χ1) is 9.90. The van der Waals surface area contributed by atoms with E-state index in [0.29, 0.717) is 23.0 Å². The van der Waals surface area contributed by atoms with Gasteiger partial charge in [-0.15, -0.1) is 0 Å². The zero-order valence-electron chi connectivity index (χ0n) is 11.0. The first-order valence-corrected chi connectivity index (χ1v) is 7.23. The first kappa shape index (κ1) is 15.7. The van der Waals surface area contributed by atoms with Crippen LogP contribution in [-0.4, -0.2) is 20.3 Å². The smallest absolute Gasteiger partial charge is 0.358 e. The molecule has 0 saturated carbocycles. The zero-order chi connectivity index (χ0) is 15.6. The maximum atomic E-state index is 12.1. The first-order valence-electron chi connectivity index (χ1n) is 6.06. The molecular formula is C13H11BrClN3O3. The van der Waals surface area contributed by atoms with Crippen molar-refractivity contribution in [2.75, 3.05) is 0 Å². The highest BCUT2D eigenvalue weighted by Crippen LogP contribution is 2.25. The van der Waals surface area contributed by atoms with Gasteiger partial charge in [0.25, 0.3) is 0 Å². The lowest BCUT2D eigenvalue weighted by molar-refractivity contribution is -0.390. The Bertz CT molecular complexity index is 697. The number of carbonyl (C=O) groups excluding carboxylic acids is 1. The molecule has 0 aliphatic carbocycles. The van der Waals surface area contributed by atoms with Crippen molar-refractivity contribution < 1.29 is 9.72 Å². The molecule has 0 fully saturated rings. The number of aryl methyl sites for hydroxylation is 1. The highest BCUT2D eigenvalue weighted by Gasteiger charge is 2.23. The van der Waals surface area contributed by atoms with Crippen molar-refractivity contribution >= 4 is 39.1 Å².